The summed E-state index contributed by atoms with van der Waals surface area (Å²) in [5, 5.41) is 3.94. The molecule has 1 heterocycles. The lowest BCUT2D eigenvalue weighted by atomic mass is 10.1. The molecule has 5 heteroatoms. The molecule has 5 nitrogen and oxygen atoms in total. The van der Waals surface area contributed by atoms with Gasteiger partial charge in [0.05, 0.1) is 19.3 Å². The Morgan fingerprint density at radius 2 is 2.43 bits per heavy atom. The molecule has 0 fully saturated rings. The van der Waals surface area contributed by atoms with Crippen LogP contribution in [0.5, 0.6) is 5.75 Å². The number of ether oxygens (including phenoxy) is 1. The Bertz CT molecular complexity index is 333. The molecule has 0 amide bonds. The third-order valence-electron chi connectivity index (χ3n) is 2.14. The lowest BCUT2D eigenvalue weighted by Gasteiger charge is -2.08. The maximum Gasteiger partial charge on any atom is 0.201 e. The second kappa shape index (κ2) is 4.23. The monoisotopic (exact) mass is 197 g/mol. The van der Waals surface area contributed by atoms with Gasteiger partial charge in [0.15, 0.2) is 5.75 Å². The molecule has 0 spiro atoms. The zero-order valence-corrected chi connectivity index (χ0v) is 8.65. The van der Waals surface area contributed by atoms with Crippen molar-refractivity contribution in [3.63, 3.8) is 0 Å². The van der Waals surface area contributed by atoms with E-state index in [0.29, 0.717) is 17.9 Å². The fraction of sp³-hybridized carbons (Fsp3) is 0.556. The molecule has 1 aromatic heterocycles. The first-order valence-corrected chi connectivity index (χ1v) is 4.47. The minimum Gasteiger partial charge on any atom is -0.493 e. The van der Waals surface area contributed by atoms with Crippen molar-refractivity contribution in [1.82, 2.24) is 9.78 Å². The number of ketones is 1. The molecule has 14 heavy (non-hydrogen) atoms. The van der Waals surface area contributed by atoms with Gasteiger partial charge in [-0.05, 0) is 6.42 Å². The summed E-state index contributed by atoms with van der Waals surface area (Å²) in [6, 6.07) is -0.487. The van der Waals surface area contributed by atoms with E-state index in [1.54, 1.807) is 7.05 Å². The van der Waals surface area contributed by atoms with Crippen LogP contribution in [0.1, 0.15) is 23.8 Å². The van der Waals surface area contributed by atoms with Gasteiger partial charge in [0.2, 0.25) is 5.78 Å². The molecule has 0 saturated carbocycles. The van der Waals surface area contributed by atoms with E-state index in [4.69, 9.17) is 10.5 Å². The van der Waals surface area contributed by atoms with Crippen LogP contribution in [-0.2, 0) is 7.05 Å². The maximum atomic E-state index is 11.8. The predicted molar refractivity (Wildman–Crippen MR) is 52.4 cm³/mol. The van der Waals surface area contributed by atoms with Crippen LogP contribution < -0.4 is 10.5 Å². The Labute approximate surface area is 82.8 Å². The third-order valence-corrected chi connectivity index (χ3v) is 2.14. The average Bonchev–Trinajstić information content (AvgIpc) is 2.57. The Balaban J connectivity index is 3.04. The number of hydrogen-bond donors (Lipinski definition) is 1. The van der Waals surface area contributed by atoms with E-state index in [2.05, 4.69) is 5.10 Å². The second-order valence-electron chi connectivity index (χ2n) is 3.06. The van der Waals surface area contributed by atoms with Gasteiger partial charge in [-0.25, -0.2) is 0 Å². The summed E-state index contributed by atoms with van der Waals surface area (Å²) in [5.41, 5.74) is 6.09. The number of nitrogens with zero attached hydrogens (tertiary/aromatic N) is 2. The van der Waals surface area contributed by atoms with Crippen molar-refractivity contribution >= 4 is 5.78 Å². The first-order valence-electron chi connectivity index (χ1n) is 4.47. The van der Waals surface area contributed by atoms with E-state index in [1.165, 1.54) is 18.0 Å². The smallest absolute Gasteiger partial charge is 0.201 e. The van der Waals surface area contributed by atoms with Crippen LogP contribution >= 0.6 is 0 Å². The van der Waals surface area contributed by atoms with Crippen molar-refractivity contribution in [2.24, 2.45) is 12.8 Å². The van der Waals surface area contributed by atoms with Crippen LogP contribution in [-0.4, -0.2) is 28.7 Å². The summed E-state index contributed by atoms with van der Waals surface area (Å²) < 4.78 is 6.51. The molecule has 1 unspecified atom stereocenters. The molecule has 0 bridgehead atoms. The van der Waals surface area contributed by atoms with E-state index >= 15 is 0 Å². The van der Waals surface area contributed by atoms with Crippen molar-refractivity contribution in [2.45, 2.75) is 19.4 Å². The van der Waals surface area contributed by atoms with Crippen LogP contribution in [0.25, 0.3) is 0 Å². The van der Waals surface area contributed by atoms with E-state index in [-0.39, 0.29) is 5.78 Å². The van der Waals surface area contributed by atoms with Crippen LogP contribution in [0, 0.1) is 0 Å². The number of nitrogens with two attached hydrogens (primary N) is 1. The minimum absolute atomic E-state index is 0.135. The molecule has 0 radical (unpaired) electrons. The van der Waals surface area contributed by atoms with E-state index in [0.717, 1.165) is 0 Å². The summed E-state index contributed by atoms with van der Waals surface area (Å²) in [7, 11) is 3.20. The van der Waals surface area contributed by atoms with Gasteiger partial charge in [0, 0.05) is 7.05 Å². The summed E-state index contributed by atoms with van der Waals surface area (Å²) in [4.78, 5) is 11.8. The van der Waals surface area contributed by atoms with Gasteiger partial charge in [0.25, 0.3) is 0 Å². The Hall–Kier alpha value is -1.36. The first kappa shape index (κ1) is 10.7. The highest BCUT2D eigenvalue weighted by Gasteiger charge is 2.22. The third kappa shape index (κ3) is 1.77. The van der Waals surface area contributed by atoms with Crippen LogP contribution in [0.15, 0.2) is 6.20 Å². The molecule has 0 aliphatic heterocycles. The van der Waals surface area contributed by atoms with Gasteiger partial charge in [-0.3, -0.25) is 9.48 Å². The quantitative estimate of drug-likeness (QED) is 0.707. The van der Waals surface area contributed by atoms with Gasteiger partial charge in [-0.15, -0.1) is 0 Å². The molecule has 0 aliphatic rings. The van der Waals surface area contributed by atoms with Gasteiger partial charge < -0.3 is 10.5 Å². The molecule has 78 valence electrons. The largest absolute Gasteiger partial charge is 0.493 e. The number of carbonyl (C=O) groups excluding carboxylic acids is 1. The molecule has 0 aliphatic carbocycles. The molecule has 0 saturated heterocycles. The van der Waals surface area contributed by atoms with Crippen molar-refractivity contribution in [1.29, 1.82) is 0 Å². The Morgan fingerprint density at radius 1 is 1.79 bits per heavy atom. The zero-order valence-electron chi connectivity index (χ0n) is 8.65. The SMILES string of the molecule is CCC(N)C(=O)c1c(OC)cnn1C. The summed E-state index contributed by atoms with van der Waals surface area (Å²) >= 11 is 0. The molecule has 1 aromatic rings. The van der Waals surface area contributed by atoms with Crippen LogP contribution in [0.3, 0.4) is 0 Å². The normalized spacial score (nSPS) is 12.6. The second-order valence-corrected chi connectivity index (χ2v) is 3.06. The molecular formula is C9H15N3O2. The molecule has 1 atom stereocenters. The van der Waals surface area contributed by atoms with Gasteiger partial charge in [0.1, 0.15) is 5.69 Å². The van der Waals surface area contributed by atoms with E-state index in [1.807, 2.05) is 6.92 Å². The topological polar surface area (TPSA) is 70.1 Å². The number of methoxy groups -OCH3 is 1. The lowest BCUT2D eigenvalue weighted by molar-refractivity contribution is 0.0947. The summed E-state index contributed by atoms with van der Waals surface area (Å²) in [6.45, 7) is 1.87. The fourth-order valence-electron chi connectivity index (χ4n) is 1.21. The van der Waals surface area contributed by atoms with E-state index in [9.17, 15) is 4.79 Å². The number of rotatable bonds is 4. The molecule has 2 N–H and O–H groups in total. The number of aryl methyl sites for hydroxylation is 1. The van der Waals surface area contributed by atoms with E-state index < -0.39 is 6.04 Å². The lowest BCUT2D eigenvalue weighted by Crippen LogP contribution is -2.31. The molecule has 0 aromatic carbocycles. The van der Waals surface area contributed by atoms with Gasteiger partial charge in [-0.1, -0.05) is 6.92 Å². The predicted octanol–water partition coefficient (Wildman–Crippen LogP) is 0.349. The van der Waals surface area contributed by atoms with Crippen LogP contribution in [0.2, 0.25) is 0 Å². The van der Waals surface area contributed by atoms with Gasteiger partial charge >= 0.3 is 0 Å². The highest BCUT2D eigenvalue weighted by atomic mass is 16.5. The average molecular weight is 197 g/mol. The van der Waals surface area contributed by atoms with Crippen LogP contribution in [0.4, 0.5) is 0 Å². The molecular weight excluding hydrogens is 182 g/mol. The Morgan fingerprint density at radius 3 is 2.93 bits per heavy atom. The number of Topliss-reactive ketones (excluding diaryl/α,β-unsaturated/α-hetero) is 1. The maximum absolute atomic E-state index is 11.8. The first-order chi connectivity index (χ1) is 6.61. The van der Waals surface area contributed by atoms with Crippen molar-refractivity contribution in [3.05, 3.63) is 11.9 Å². The number of carbonyl (C=O) groups is 1. The van der Waals surface area contributed by atoms with Crippen molar-refractivity contribution < 1.29 is 9.53 Å². The fourth-order valence-corrected chi connectivity index (χ4v) is 1.21. The van der Waals surface area contributed by atoms with Crippen molar-refractivity contribution in [3.8, 4) is 5.75 Å². The van der Waals surface area contributed by atoms with Gasteiger partial charge in [-0.2, -0.15) is 5.10 Å². The van der Waals surface area contributed by atoms with Crippen molar-refractivity contribution in [2.75, 3.05) is 7.11 Å². The highest BCUT2D eigenvalue weighted by molar-refractivity contribution is 6.00. The Kier molecular flexibility index (Phi) is 3.24. The number of hydrogen-bond acceptors (Lipinski definition) is 4. The minimum atomic E-state index is -0.487. The number of aromatic nitrogens is 2. The molecule has 1 rings (SSSR count). The summed E-state index contributed by atoms with van der Waals surface area (Å²) in [5.74, 6) is 0.339. The summed E-state index contributed by atoms with van der Waals surface area (Å²) in [6.07, 6.45) is 2.11. The highest BCUT2D eigenvalue weighted by Crippen LogP contribution is 2.18. The standard InChI is InChI=1S/C9H15N3O2/c1-4-6(10)9(13)8-7(14-3)5-11-12(8)2/h5-6H,4,10H2,1-3H3. The zero-order chi connectivity index (χ0) is 10.7.